The lowest BCUT2D eigenvalue weighted by Crippen LogP contribution is -2.35. The van der Waals surface area contributed by atoms with Crippen LogP contribution in [0.15, 0.2) is 0 Å². The Morgan fingerprint density at radius 1 is 0.757 bits per heavy atom. The minimum atomic E-state index is -3.35. The molecule has 0 unspecified atom stereocenters. The van der Waals surface area contributed by atoms with Crippen LogP contribution >= 0.6 is 10.7 Å². The zero-order valence-electron chi connectivity index (χ0n) is 24.2. The second-order valence-electron chi connectivity index (χ2n) is 11.4. The van der Waals surface area contributed by atoms with Crippen molar-refractivity contribution in [1.29, 1.82) is 0 Å². The summed E-state index contributed by atoms with van der Waals surface area (Å²) in [4.78, 5) is 0. The van der Waals surface area contributed by atoms with Gasteiger partial charge in [-0.15, -0.1) is 0 Å². The van der Waals surface area contributed by atoms with Crippen molar-refractivity contribution < 1.29 is 35.6 Å². The summed E-state index contributed by atoms with van der Waals surface area (Å²) in [5.74, 6) is 4.07. The molecule has 8 nitrogen and oxygen atoms in total. The highest BCUT2D eigenvalue weighted by molar-refractivity contribution is 8.13. The summed E-state index contributed by atoms with van der Waals surface area (Å²) >= 11 is 0. The topological polar surface area (TPSA) is 116 Å². The molecule has 2 fully saturated rings. The number of rotatable bonds is 10. The predicted octanol–water partition coefficient (Wildman–Crippen LogP) is 5.08. The van der Waals surface area contributed by atoms with Gasteiger partial charge in [0.05, 0.1) is 51.1 Å². The number of hydrogen-bond donors (Lipinski definition) is 1. The molecule has 224 valence electrons. The van der Waals surface area contributed by atoms with Crippen LogP contribution in [0.25, 0.3) is 0 Å². The van der Waals surface area contributed by atoms with Crippen LogP contribution in [0.4, 0.5) is 0 Å². The van der Waals surface area contributed by atoms with Crippen LogP contribution in [0.3, 0.4) is 0 Å². The molecule has 0 radical (unpaired) electrons. The molecule has 0 spiro atoms. The van der Waals surface area contributed by atoms with Gasteiger partial charge in [0.25, 0.3) is 10.1 Å². The summed E-state index contributed by atoms with van der Waals surface area (Å²) in [6, 6.07) is 0. The van der Waals surface area contributed by atoms with Gasteiger partial charge < -0.3 is 14.6 Å². The maximum atomic E-state index is 10.8. The molecule has 0 amide bonds. The van der Waals surface area contributed by atoms with Gasteiger partial charge in [0.15, 0.2) is 0 Å². The number of aliphatic hydroxyl groups excluding tert-OH is 1. The van der Waals surface area contributed by atoms with Crippen molar-refractivity contribution in [1.82, 2.24) is 0 Å². The molecule has 1 N–H and O–H groups in total. The van der Waals surface area contributed by atoms with Crippen molar-refractivity contribution in [3.05, 3.63) is 0 Å². The summed E-state index contributed by atoms with van der Waals surface area (Å²) in [6.07, 6.45) is 9.95. The lowest BCUT2D eigenvalue weighted by molar-refractivity contribution is -0.0489. The van der Waals surface area contributed by atoms with E-state index in [1.165, 1.54) is 32.1 Å². The van der Waals surface area contributed by atoms with E-state index in [-0.39, 0.29) is 19.3 Å². The molecular weight excluding hydrogens is 540 g/mol. The molecule has 0 aromatic heterocycles. The largest absolute Gasteiger partial charge is 0.394 e. The van der Waals surface area contributed by atoms with Gasteiger partial charge in [0.2, 0.25) is 9.05 Å². The Bertz CT molecular complexity index is 793. The first-order chi connectivity index (χ1) is 16.9. The number of halogens is 1. The highest BCUT2D eigenvalue weighted by Gasteiger charge is 2.32. The normalized spacial score (nSPS) is 28.8. The minimum Gasteiger partial charge on any atom is -0.394 e. The van der Waals surface area contributed by atoms with Gasteiger partial charge >= 0.3 is 0 Å². The van der Waals surface area contributed by atoms with E-state index in [2.05, 4.69) is 52.2 Å². The van der Waals surface area contributed by atoms with Crippen LogP contribution < -0.4 is 0 Å². The first-order valence-corrected chi connectivity index (χ1v) is 18.1. The van der Waals surface area contributed by atoms with Crippen LogP contribution in [-0.4, -0.2) is 73.1 Å². The molecule has 0 heterocycles. The lowest BCUT2D eigenvalue weighted by atomic mass is 9.75. The second-order valence-corrected chi connectivity index (χ2v) is 16.1. The Labute approximate surface area is 231 Å². The summed E-state index contributed by atoms with van der Waals surface area (Å²) in [6.45, 7) is 14.7. The highest BCUT2D eigenvalue weighted by atomic mass is 35.7. The fourth-order valence-electron chi connectivity index (χ4n) is 5.20. The van der Waals surface area contributed by atoms with Crippen molar-refractivity contribution >= 4 is 29.9 Å². The minimum absolute atomic E-state index is 0.120. The van der Waals surface area contributed by atoms with Crippen molar-refractivity contribution in [3.8, 4) is 0 Å². The van der Waals surface area contributed by atoms with Crippen molar-refractivity contribution in [3.63, 3.8) is 0 Å². The van der Waals surface area contributed by atoms with E-state index in [0.717, 1.165) is 24.9 Å². The third-order valence-corrected chi connectivity index (χ3v) is 7.65. The third-order valence-electron chi connectivity index (χ3n) is 7.06. The maximum absolute atomic E-state index is 10.8. The lowest BCUT2D eigenvalue weighted by Gasteiger charge is -2.37. The molecule has 6 atom stereocenters. The van der Waals surface area contributed by atoms with Gasteiger partial charge in [0, 0.05) is 10.7 Å². The van der Waals surface area contributed by atoms with Gasteiger partial charge in [-0.05, 0) is 61.2 Å². The van der Waals surface area contributed by atoms with Crippen LogP contribution in [0.1, 0.15) is 80.1 Å². The number of aliphatic hydroxyl groups is 1. The predicted molar refractivity (Wildman–Crippen MR) is 151 cm³/mol. The summed E-state index contributed by atoms with van der Waals surface area (Å²) in [5, 5.41) is 8.76. The molecule has 2 aliphatic carbocycles. The molecule has 2 rings (SSSR count). The van der Waals surface area contributed by atoms with Gasteiger partial charge in [-0.2, -0.15) is 8.42 Å². The molecule has 0 aliphatic heterocycles. The van der Waals surface area contributed by atoms with E-state index in [4.69, 9.17) is 18.8 Å². The molecule has 37 heavy (non-hydrogen) atoms. The number of hydrogen-bond acceptors (Lipinski definition) is 8. The fourth-order valence-corrected chi connectivity index (χ4v) is 5.57. The van der Waals surface area contributed by atoms with E-state index >= 15 is 0 Å². The van der Waals surface area contributed by atoms with Gasteiger partial charge in [-0.1, -0.05) is 54.4 Å². The average molecular weight is 593 g/mol. The third kappa shape index (κ3) is 19.7. The average Bonchev–Trinajstić information content (AvgIpc) is 2.73. The Hall–Kier alpha value is 0.0300. The van der Waals surface area contributed by atoms with Crippen molar-refractivity contribution in [2.24, 2.45) is 35.5 Å². The standard InChI is InChI=1S/C13H26O4S.C12H24O2.CH3ClO2S/c1-10(2)12-6-5-11(3)9-13(12)16-7-8-17-18(4,14)15;1-9(2)11-5-4-10(3)8-12(11)14-7-6-13;1-5(2,3)4/h10-13H,5-9H2,1-4H3;9-13H,4-8H2,1-3H3;1H3/t11-,12+,13-;10-,11+,12-;/m11./s1. The zero-order chi connectivity index (χ0) is 28.8. The maximum Gasteiger partial charge on any atom is 0.264 e. The van der Waals surface area contributed by atoms with E-state index < -0.39 is 19.2 Å². The van der Waals surface area contributed by atoms with Gasteiger partial charge in [-0.3, -0.25) is 4.18 Å². The first-order valence-electron chi connectivity index (χ1n) is 13.5. The highest BCUT2D eigenvalue weighted by Crippen LogP contribution is 2.36. The molecule has 2 aliphatic rings. The first kappa shape index (κ1) is 37.0. The summed E-state index contributed by atoms with van der Waals surface area (Å²) in [7, 11) is -2.04. The molecule has 0 aromatic rings. The van der Waals surface area contributed by atoms with Crippen molar-refractivity contribution in [2.75, 3.05) is 38.9 Å². The second kappa shape index (κ2) is 18.4. The van der Waals surface area contributed by atoms with Crippen LogP contribution in [-0.2, 0) is 32.8 Å². The number of ether oxygens (including phenoxy) is 2. The van der Waals surface area contributed by atoms with Crippen molar-refractivity contribution in [2.45, 2.75) is 92.3 Å². The molecule has 0 aromatic carbocycles. The van der Waals surface area contributed by atoms with Crippen LogP contribution in [0.5, 0.6) is 0 Å². The van der Waals surface area contributed by atoms with Crippen LogP contribution in [0.2, 0.25) is 0 Å². The van der Waals surface area contributed by atoms with E-state index in [0.29, 0.717) is 48.9 Å². The monoisotopic (exact) mass is 592 g/mol. The zero-order valence-corrected chi connectivity index (χ0v) is 26.6. The SMILES string of the molecule is CC(C)[C@@H]1CC[C@@H](C)C[C@H]1OCCO.CC(C)[C@@H]1CC[C@@H](C)C[C@H]1OCCOS(C)(=O)=O.CS(=O)(=O)Cl. The van der Waals surface area contributed by atoms with Crippen LogP contribution in [0, 0.1) is 35.5 Å². The Morgan fingerprint density at radius 3 is 1.46 bits per heavy atom. The molecular formula is C26H53ClO8S2. The summed E-state index contributed by atoms with van der Waals surface area (Å²) < 4.78 is 56.7. The van der Waals surface area contributed by atoms with E-state index in [9.17, 15) is 16.8 Å². The summed E-state index contributed by atoms with van der Waals surface area (Å²) in [5.41, 5.74) is 0. The van der Waals surface area contributed by atoms with Gasteiger partial charge in [0.1, 0.15) is 0 Å². The Balaban J connectivity index is 0.000000605. The van der Waals surface area contributed by atoms with E-state index in [1.807, 2.05) is 0 Å². The Morgan fingerprint density at radius 2 is 1.14 bits per heavy atom. The quantitative estimate of drug-likeness (QED) is 0.212. The van der Waals surface area contributed by atoms with Gasteiger partial charge in [-0.25, -0.2) is 8.42 Å². The molecule has 0 bridgehead atoms. The molecule has 0 saturated heterocycles. The Kier molecular flexibility index (Phi) is 18.4. The molecule has 2 saturated carbocycles. The smallest absolute Gasteiger partial charge is 0.264 e. The fraction of sp³-hybridized carbons (Fsp3) is 1.00. The van der Waals surface area contributed by atoms with E-state index in [1.54, 1.807) is 0 Å². The molecule has 11 heteroatoms.